The number of aromatic nitrogens is 1. The van der Waals surface area contributed by atoms with E-state index < -0.39 is 17.9 Å². The van der Waals surface area contributed by atoms with Crippen molar-refractivity contribution in [3.05, 3.63) is 47.9 Å². The van der Waals surface area contributed by atoms with Crippen molar-refractivity contribution in [1.29, 1.82) is 0 Å². The lowest BCUT2D eigenvalue weighted by Crippen LogP contribution is -2.16. The third kappa shape index (κ3) is 3.11. The summed E-state index contributed by atoms with van der Waals surface area (Å²) in [5, 5.41) is 0. The molecule has 0 spiro atoms. The second kappa shape index (κ2) is 5.28. The van der Waals surface area contributed by atoms with Gasteiger partial charge in [0, 0.05) is 11.8 Å². The van der Waals surface area contributed by atoms with Crippen LogP contribution in [0, 0.1) is 5.82 Å². The molecule has 2 aromatic rings. The van der Waals surface area contributed by atoms with Gasteiger partial charge in [-0.3, -0.25) is 9.78 Å². The Morgan fingerprint density at radius 2 is 1.75 bits per heavy atom. The molecular formula is C13H7F4NO2. The first-order valence-electron chi connectivity index (χ1n) is 5.36. The van der Waals surface area contributed by atoms with Crippen LogP contribution in [-0.4, -0.2) is 17.6 Å². The van der Waals surface area contributed by atoms with E-state index in [4.69, 9.17) is 0 Å². The number of rotatable bonds is 3. The highest BCUT2D eigenvalue weighted by molar-refractivity contribution is 5.78. The van der Waals surface area contributed by atoms with E-state index in [1.54, 1.807) is 0 Å². The molecule has 1 aromatic heterocycles. The van der Waals surface area contributed by atoms with Gasteiger partial charge >= 0.3 is 6.36 Å². The Morgan fingerprint density at radius 3 is 2.30 bits per heavy atom. The van der Waals surface area contributed by atoms with Gasteiger partial charge in [-0.05, 0) is 30.3 Å². The normalized spacial score (nSPS) is 11.2. The van der Waals surface area contributed by atoms with E-state index in [2.05, 4.69) is 9.72 Å². The molecule has 0 amide bonds. The van der Waals surface area contributed by atoms with Gasteiger partial charge in [0.15, 0.2) is 12.1 Å². The van der Waals surface area contributed by atoms with Crippen LogP contribution in [0.4, 0.5) is 17.6 Å². The maximum absolute atomic E-state index is 13.8. The fraction of sp³-hybridized carbons (Fsp3) is 0.0769. The van der Waals surface area contributed by atoms with Crippen molar-refractivity contribution in [2.24, 2.45) is 0 Å². The Bertz CT molecular complexity index is 623. The van der Waals surface area contributed by atoms with Gasteiger partial charge in [0.2, 0.25) is 0 Å². The van der Waals surface area contributed by atoms with Crippen molar-refractivity contribution in [3.63, 3.8) is 0 Å². The Morgan fingerprint density at radius 1 is 1.10 bits per heavy atom. The minimum absolute atomic E-state index is 0.117. The molecule has 0 N–H and O–H groups in total. The largest absolute Gasteiger partial charge is 0.573 e. The molecule has 0 aliphatic rings. The molecule has 3 nitrogen and oxygen atoms in total. The highest BCUT2D eigenvalue weighted by Crippen LogP contribution is 2.27. The third-order valence-electron chi connectivity index (χ3n) is 2.41. The molecule has 104 valence electrons. The molecule has 0 aliphatic carbocycles. The summed E-state index contributed by atoms with van der Waals surface area (Å²) in [6.07, 6.45) is -3.22. The summed E-state index contributed by atoms with van der Waals surface area (Å²) in [5.41, 5.74) is -0.0560. The lowest BCUT2D eigenvalue weighted by Gasteiger charge is -2.09. The summed E-state index contributed by atoms with van der Waals surface area (Å²) in [4.78, 5) is 14.4. The number of hydrogen-bond acceptors (Lipinski definition) is 3. The number of aldehydes is 1. The monoisotopic (exact) mass is 285 g/mol. The van der Waals surface area contributed by atoms with E-state index in [1.807, 2.05) is 0 Å². The quantitative estimate of drug-likeness (QED) is 0.639. The molecule has 0 radical (unpaired) electrons. The van der Waals surface area contributed by atoms with Gasteiger partial charge in [0.1, 0.15) is 11.4 Å². The van der Waals surface area contributed by atoms with Gasteiger partial charge in [-0.2, -0.15) is 0 Å². The molecule has 1 aromatic carbocycles. The van der Waals surface area contributed by atoms with Gasteiger partial charge in [-0.25, -0.2) is 4.39 Å². The number of ether oxygens (including phenoxy) is 1. The minimum atomic E-state index is -4.79. The van der Waals surface area contributed by atoms with Crippen LogP contribution in [0.3, 0.4) is 0 Å². The van der Waals surface area contributed by atoms with E-state index in [9.17, 15) is 22.4 Å². The van der Waals surface area contributed by atoms with Gasteiger partial charge in [0.25, 0.3) is 0 Å². The van der Waals surface area contributed by atoms with E-state index in [0.29, 0.717) is 6.29 Å². The van der Waals surface area contributed by atoms with Gasteiger partial charge in [-0.15, -0.1) is 13.2 Å². The molecular weight excluding hydrogens is 278 g/mol. The number of carbonyl (C=O) groups excluding carboxylic acids is 1. The average Bonchev–Trinajstić information content (AvgIpc) is 2.38. The van der Waals surface area contributed by atoms with Gasteiger partial charge in [0.05, 0.1) is 5.56 Å². The van der Waals surface area contributed by atoms with Crippen LogP contribution in [0.1, 0.15) is 10.4 Å². The van der Waals surface area contributed by atoms with E-state index in [0.717, 1.165) is 12.1 Å². The number of nitrogens with zero attached hydrogens (tertiary/aromatic N) is 1. The summed E-state index contributed by atoms with van der Waals surface area (Å²) in [6.45, 7) is 0. The molecule has 2 rings (SSSR count). The Balaban J connectivity index is 2.33. The summed E-state index contributed by atoms with van der Waals surface area (Å²) in [7, 11) is 0. The van der Waals surface area contributed by atoms with Crippen molar-refractivity contribution < 1.29 is 27.1 Å². The van der Waals surface area contributed by atoms with E-state index in [-0.39, 0.29) is 16.8 Å². The average molecular weight is 285 g/mol. The Labute approximate surface area is 110 Å². The summed E-state index contributed by atoms with van der Waals surface area (Å²) in [6, 6.07) is 5.73. The van der Waals surface area contributed by atoms with Crippen LogP contribution >= 0.6 is 0 Å². The molecule has 1 heterocycles. The standard InChI is InChI=1S/C13H7F4NO2/c14-11-9(7-19)5-6-18-12(11)8-1-3-10(4-2-8)20-13(15,16)17/h1-7H. The van der Waals surface area contributed by atoms with Crippen molar-refractivity contribution >= 4 is 6.29 Å². The molecule has 0 atom stereocenters. The molecule has 0 fully saturated rings. The SMILES string of the molecule is O=Cc1ccnc(-c2ccc(OC(F)(F)F)cc2)c1F. The lowest BCUT2D eigenvalue weighted by atomic mass is 10.1. The number of hydrogen-bond donors (Lipinski definition) is 0. The number of halogens is 4. The van der Waals surface area contributed by atoms with Crippen LogP contribution in [0.15, 0.2) is 36.5 Å². The van der Waals surface area contributed by atoms with Gasteiger partial charge in [-0.1, -0.05) is 0 Å². The molecule has 0 bridgehead atoms. The molecule has 0 aliphatic heterocycles. The highest BCUT2D eigenvalue weighted by Gasteiger charge is 2.31. The fourth-order valence-electron chi connectivity index (χ4n) is 1.57. The number of carbonyl (C=O) groups is 1. The smallest absolute Gasteiger partial charge is 0.406 e. The predicted molar refractivity (Wildman–Crippen MR) is 61.7 cm³/mol. The van der Waals surface area contributed by atoms with Crippen molar-refractivity contribution in [1.82, 2.24) is 4.98 Å². The van der Waals surface area contributed by atoms with Gasteiger partial charge < -0.3 is 4.74 Å². The zero-order valence-corrected chi connectivity index (χ0v) is 9.82. The molecule has 0 saturated heterocycles. The summed E-state index contributed by atoms with van der Waals surface area (Å²) >= 11 is 0. The first kappa shape index (κ1) is 14.0. The zero-order valence-electron chi connectivity index (χ0n) is 9.82. The topological polar surface area (TPSA) is 39.2 Å². The third-order valence-corrected chi connectivity index (χ3v) is 2.41. The number of benzene rings is 1. The second-order valence-corrected chi connectivity index (χ2v) is 3.75. The van der Waals surface area contributed by atoms with Crippen LogP contribution in [0.2, 0.25) is 0 Å². The molecule has 0 unspecified atom stereocenters. The molecule has 7 heteroatoms. The fourth-order valence-corrected chi connectivity index (χ4v) is 1.57. The maximum Gasteiger partial charge on any atom is 0.573 e. The van der Waals surface area contributed by atoms with E-state index >= 15 is 0 Å². The first-order valence-corrected chi connectivity index (χ1v) is 5.36. The molecule has 0 saturated carbocycles. The zero-order chi connectivity index (χ0) is 14.8. The first-order chi connectivity index (χ1) is 9.40. The lowest BCUT2D eigenvalue weighted by molar-refractivity contribution is -0.274. The van der Waals surface area contributed by atoms with Crippen LogP contribution < -0.4 is 4.74 Å². The highest BCUT2D eigenvalue weighted by atomic mass is 19.4. The minimum Gasteiger partial charge on any atom is -0.406 e. The Hall–Kier alpha value is -2.44. The van der Waals surface area contributed by atoms with Crippen molar-refractivity contribution in [2.45, 2.75) is 6.36 Å². The Kier molecular flexibility index (Phi) is 3.69. The maximum atomic E-state index is 13.8. The number of pyridine rings is 1. The second-order valence-electron chi connectivity index (χ2n) is 3.75. The van der Waals surface area contributed by atoms with Crippen LogP contribution in [-0.2, 0) is 0 Å². The number of alkyl halides is 3. The van der Waals surface area contributed by atoms with Crippen molar-refractivity contribution in [2.75, 3.05) is 0 Å². The van der Waals surface area contributed by atoms with Crippen LogP contribution in [0.25, 0.3) is 11.3 Å². The van der Waals surface area contributed by atoms with E-state index in [1.165, 1.54) is 24.4 Å². The molecule has 20 heavy (non-hydrogen) atoms. The summed E-state index contributed by atoms with van der Waals surface area (Å²) in [5.74, 6) is -1.25. The van der Waals surface area contributed by atoms with Crippen LogP contribution in [0.5, 0.6) is 5.75 Å². The van der Waals surface area contributed by atoms with Crippen molar-refractivity contribution in [3.8, 4) is 17.0 Å². The summed E-state index contributed by atoms with van der Waals surface area (Å²) < 4.78 is 53.5. The predicted octanol–water partition coefficient (Wildman–Crippen LogP) is 3.60.